The van der Waals surface area contributed by atoms with Gasteiger partial charge >= 0.3 is 0 Å². The second kappa shape index (κ2) is 4.95. The third-order valence-corrected chi connectivity index (χ3v) is 4.87. The molecular formula is C12H11N5OS2. The zero-order valence-corrected chi connectivity index (χ0v) is 12.1. The summed E-state index contributed by atoms with van der Waals surface area (Å²) in [6.07, 6.45) is 5.71. The molecule has 0 radical (unpaired) electrons. The molecule has 1 saturated heterocycles. The summed E-state index contributed by atoms with van der Waals surface area (Å²) in [6.45, 7) is 0.983. The fraction of sp³-hybridized carbons (Fsp3) is 0.333. The van der Waals surface area contributed by atoms with Gasteiger partial charge in [-0.1, -0.05) is 5.16 Å². The molecule has 8 heteroatoms. The van der Waals surface area contributed by atoms with E-state index in [4.69, 9.17) is 4.52 Å². The highest BCUT2D eigenvalue weighted by atomic mass is 32.1. The normalized spacial score (nSPS) is 18.8. The summed E-state index contributed by atoms with van der Waals surface area (Å²) in [6, 6.07) is 0.135. The lowest BCUT2D eigenvalue weighted by Crippen LogP contribution is -2.22. The Morgan fingerprint density at radius 3 is 3.15 bits per heavy atom. The van der Waals surface area contributed by atoms with Crippen molar-refractivity contribution in [3.05, 3.63) is 29.2 Å². The zero-order chi connectivity index (χ0) is 13.4. The molecule has 3 aromatic heterocycles. The van der Waals surface area contributed by atoms with Crippen LogP contribution in [0.5, 0.6) is 0 Å². The highest BCUT2D eigenvalue weighted by Gasteiger charge is 2.32. The Morgan fingerprint density at radius 1 is 1.35 bits per heavy atom. The molecule has 4 rings (SSSR count). The minimum atomic E-state index is 0.135. The highest BCUT2D eigenvalue weighted by molar-refractivity contribution is 7.13. The van der Waals surface area contributed by atoms with Gasteiger partial charge in [-0.15, -0.1) is 22.7 Å². The van der Waals surface area contributed by atoms with Gasteiger partial charge in [0.1, 0.15) is 6.04 Å². The van der Waals surface area contributed by atoms with Gasteiger partial charge in [0.2, 0.25) is 11.7 Å². The van der Waals surface area contributed by atoms with Crippen molar-refractivity contribution in [1.29, 1.82) is 0 Å². The third-order valence-electron chi connectivity index (χ3n) is 3.30. The van der Waals surface area contributed by atoms with Gasteiger partial charge in [0.05, 0.1) is 10.4 Å². The van der Waals surface area contributed by atoms with Gasteiger partial charge in [-0.3, -0.25) is 4.98 Å². The van der Waals surface area contributed by atoms with Crippen molar-refractivity contribution in [2.75, 3.05) is 11.4 Å². The van der Waals surface area contributed by atoms with Crippen LogP contribution in [0.4, 0.5) is 5.13 Å². The summed E-state index contributed by atoms with van der Waals surface area (Å²) in [5.41, 5.74) is 1.77. The van der Waals surface area contributed by atoms with Crippen LogP contribution < -0.4 is 4.90 Å². The number of hydrogen-bond donors (Lipinski definition) is 0. The standard InChI is InChI=1S/C12H11N5OS2/c1-2-8(17(4-1)12-14-3-5-19-12)11-15-10(16-18-11)9-6-13-7-20-9/h3,5-8H,1-2,4H2. The molecule has 0 aliphatic carbocycles. The van der Waals surface area contributed by atoms with E-state index in [1.165, 1.54) is 11.3 Å². The van der Waals surface area contributed by atoms with E-state index >= 15 is 0 Å². The lowest BCUT2D eigenvalue weighted by Gasteiger charge is -2.20. The van der Waals surface area contributed by atoms with Gasteiger partial charge < -0.3 is 9.42 Å². The SMILES string of the molecule is c1csc(N2CCCC2c2nc(-c3cncs3)no2)n1. The Hall–Kier alpha value is -1.80. The monoisotopic (exact) mass is 305 g/mol. The Balaban J connectivity index is 1.64. The second-order valence-corrected chi connectivity index (χ2v) is 6.25. The molecule has 1 aliphatic heterocycles. The Kier molecular flexibility index (Phi) is 2.96. The number of thiazole rings is 2. The molecule has 20 heavy (non-hydrogen) atoms. The topological polar surface area (TPSA) is 67.9 Å². The van der Waals surface area contributed by atoms with Crippen LogP contribution >= 0.6 is 22.7 Å². The van der Waals surface area contributed by atoms with E-state index < -0.39 is 0 Å². The summed E-state index contributed by atoms with van der Waals surface area (Å²) in [5, 5.41) is 7.07. The van der Waals surface area contributed by atoms with Gasteiger partial charge in [0, 0.05) is 24.3 Å². The molecule has 0 N–H and O–H groups in total. The fourth-order valence-corrected chi connectivity index (χ4v) is 3.67. The summed E-state index contributed by atoms with van der Waals surface area (Å²) in [7, 11) is 0. The van der Waals surface area contributed by atoms with Gasteiger partial charge in [-0.25, -0.2) is 4.98 Å². The molecule has 102 valence electrons. The van der Waals surface area contributed by atoms with E-state index in [0.29, 0.717) is 11.7 Å². The number of nitrogens with zero attached hydrogens (tertiary/aromatic N) is 5. The molecule has 1 atom stereocenters. The largest absolute Gasteiger partial charge is 0.337 e. The molecule has 0 spiro atoms. The van der Waals surface area contributed by atoms with E-state index in [1.54, 1.807) is 23.0 Å². The van der Waals surface area contributed by atoms with Crippen LogP contribution in [0.3, 0.4) is 0 Å². The van der Waals surface area contributed by atoms with Crippen LogP contribution in [0.1, 0.15) is 24.8 Å². The average Bonchev–Trinajstić information content (AvgIpc) is 3.23. The second-order valence-electron chi connectivity index (χ2n) is 4.49. The van der Waals surface area contributed by atoms with Crippen LogP contribution in [-0.4, -0.2) is 26.7 Å². The Bertz CT molecular complexity index is 679. The predicted octanol–water partition coefficient (Wildman–Crippen LogP) is 2.99. The van der Waals surface area contributed by atoms with Crippen LogP contribution in [0, 0.1) is 0 Å². The first-order valence-corrected chi connectivity index (χ1v) is 8.06. The first-order chi connectivity index (χ1) is 9.92. The van der Waals surface area contributed by atoms with E-state index in [-0.39, 0.29) is 6.04 Å². The Labute approximate surface area is 123 Å². The molecular weight excluding hydrogens is 294 g/mol. The molecule has 3 aromatic rings. The summed E-state index contributed by atoms with van der Waals surface area (Å²) < 4.78 is 5.45. The first kappa shape index (κ1) is 12.0. The van der Waals surface area contributed by atoms with Crippen molar-refractivity contribution < 1.29 is 4.52 Å². The highest BCUT2D eigenvalue weighted by Crippen LogP contribution is 2.36. The lowest BCUT2D eigenvalue weighted by atomic mass is 10.2. The molecule has 1 unspecified atom stereocenters. The maximum atomic E-state index is 5.45. The number of aromatic nitrogens is 4. The van der Waals surface area contributed by atoms with E-state index in [1.807, 2.05) is 11.6 Å². The summed E-state index contributed by atoms with van der Waals surface area (Å²) in [4.78, 5) is 16.1. The number of anilines is 1. The van der Waals surface area contributed by atoms with E-state index in [9.17, 15) is 0 Å². The van der Waals surface area contributed by atoms with Gasteiger partial charge in [0.25, 0.3) is 0 Å². The molecule has 0 saturated carbocycles. The fourth-order valence-electron chi connectivity index (χ4n) is 2.41. The first-order valence-electron chi connectivity index (χ1n) is 6.30. The average molecular weight is 305 g/mol. The van der Waals surface area contributed by atoms with Crippen molar-refractivity contribution >= 4 is 27.8 Å². The number of rotatable bonds is 3. The molecule has 1 aliphatic rings. The smallest absolute Gasteiger partial charge is 0.249 e. The minimum absolute atomic E-state index is 0.135. The maximum absolute atomic E-state index is 5.45. The molecule has 6 nitrogen and oxygen atoms in total. The van der Waals surface area contributed by atoms with E-state index in [0.717, 1.165) is 29.4 Å². The van der Waals surface area contributed by atoms with Crippen molar-refractivity contribution in [1.82, 2.24) is 20.1 Å². The van der Waals surface area contributed by atoms with Gasteiger partial charge in [-0.05, 0) is 12.8 Å². The van der Waals surface area contributed by atoms with Crippen LogP contribution in [0.2, 0.25) is 0 Å². The zero-order valence-electron chi connectivity index (χ0n) is 10.5. The summed E-state index contributed by atoms with van der Waals surface area (Å²) in [5.74, 6) is 1.29. The van der Waals surface area contributed by atoms with Gasteiger partial charge in [0.15, 0.2) is 5.13 Å². The van der Waals surface area contributed by atoms with Gasteiger partial charge in [-0.2, -0.15) is 4.98 Å². The molecule has 0 aromatic carbocycles. The van der Waals surface area contributed by atoms with Crippen LogP contribution in [0.15, 0.2) is 27.8 Å². The molecule has 1 fully saturated rings. The summed E-state index contributed by atoms with van der Waals surface area (Å²) >= 11 is 3.15. The number of hydrogen-bond acceptors (Lipinski definition) is 8. The minimum Gasteiger partial charge on any atom is -0.337 e. The molecule has 4 heterocycles. The quantitative estimate of drug-likeness (QED) is 0.741. The van der Waals surface area contributed by atoms with Crippen LogP contribution in [0.25, 0.3) is 10.7 Å². The Morgan fingerprint density at radius 2 is 2.35 bits per heavy atom. The third kappa shape index (κ3) is 2.01. The van der Waals surface area contributed by atoms with Crippen molar-refractivity contribution in [3.63, 3.8) is 0 Å². The van der Waals surface area contributed by atoms with Crippen molar-refractivity contribution in [2.24, 2.45) is 0 Å². The predicted molar refractivity (Wildman–Crippen MR) is 76.8 cm³/mol. The van der Waals surface area contributed by atoms with E-state index in [2.05, 4.69) is 25.0 Å². The maximum Gasteiger partial charge on any atom is 0.249 e. The molecule has 0 amide bonds. The van der Waals surface area contributed by atoms with Crippen LogP contribution in [-0.2, 0) is 0 Å². The molecule has 0 bridgehead atoms. The van der Waals surface area contributed by atoms with Crippen molar-refractivity contribution in [2.45, 2.75) is 18.9 Å². The van der Waals surface area contributed by atoms with Crippen molar-refractivity contribution in [3.8, 4) is 10.7 Å². The lowest BCUT2D eigenvalue weighted by molar-refractivity contribution is 0.355.